The van der Waals surface area contributed by atoms with Crippen LogP contribution in [0.1, 0.15) is 21.6 Å². The largest absolute Gasteiger partial charge is 0.477 e. The molecule has 0 aliphatic heterocycles. The van der Waals surface area contributed by atoms with Crippen molar-refractivity contribution in [3.8, 4) is 6.07 Å². The minimum absolute atomic E-state index is 0.144. The van der Waals surface area contributed by atoms with Crippen LogP contribution in [0.3, 0.4) is 0 Å². The lowest BCUT2D eigenvalue weighted by Crippen LogP contribution is -2.08. The number of aromatic nitrogens is 1. The maximum atomic E-state index is 11.1. The van der Waals surface area contributed by atoms with E-state index in [-0.39, 0.29) is 17.9 Å². The molecule has 0 amide bonds. The highest BCUT2D eigenvalue weighted by Crippen LogP contribution is 2.18. The molecule has 0 fully saturated rings. The predicted molar refractivity (Wildman–Crippen MR) is 68.3 cm³/mol. The summed E-state index contributed by atoms with van der Waals surface area (Å²) >= 11 is 0. The van der Waals surface area contributed by atoms with Gasteiger partial charge in [0.25, 0.3) is 5.69 Å². The molecule has 2 rings (SSSR count). The summed E-state index contributed by atoms with van der Waals surface area (Å²) in [5.41, 5.74) is 0.691. The van der Waals surface area contributed by atoms with Gasteiger partial charge in [-0.3, -0.25) is 10.1 Å². The Hall–Kier alpha value is -3.14. The first-order valence-corrected chi connectivity index (χ1v) is 5.58. The highest BCUT2D eigenvalue weighted by Gasteiger charge is 2.18. The summed E-state index contributed by atoms with van der Waals surface area (Å²) in [5, 5.41) is 28.5. The van der Waals surface area contributed by atoms with Gasteiger partial charge in [0, 0.05) is 12.6 Å². The third kappa shape index (κ3) is 2.64. The number of carbonyl (C=O) groups is 1. The van der Waals surface area contributed by atoms with Gasteiger partial charge in [0.2, 0.25) is 0 Å². The fraction of sp³-hybridized carbons (Fsp3) is 0.0769. The van der Waals surface area contributed by atoms with E-state index < -0.39 is 10.9 Å². The van der Waals surface area contributed by atoms with Crippen LogP contribution < -0.4 is 0 Å². The van der Waals surface area contributed by atoms with Crippen LogP contribution in [-0.4, -0.2) is 20.6 Å². The van der Waals surface area contributed by atoms with Gasteiger partial charge in [0.1, 0.15) is 5.69 Å². The van der Waals surface area contributed by atoms with E-state index in [2.05, 4.69) is 0 Å². The fourth-order valence-electron chi connectivity index (χ4n) is 1.84. The Kier molecular flexibility index (Phi) is 3.48. The Labute approximate surface area is 113 Å². The molecule has 0 spiro atoms. The zero-order chi connectivity index (χ0) is 14.7. The molecule has 20 heavy (non-hydrogen) atoms. The standard InChI is InChI=1S/C13H9N3O4/c14-6-9-2-1-3-10(4-9)7-15-8-11(16(19)20)5-12(15)13(17)18/h1-5,8H,7H2,(H,17,18). The topological polar surface area (TPSA) is 109 Å². The van der Waals surface area contributed by atoms with Gasteiger partial charge in [-0.15, -0.1) is 0 Å². The van der Waals surface area contributed by atoms with Crippen LogP contribution in [0.5, 0.6) is 0 Å². The second-order valence-corrected chi connectivity index (χ2v) is 4.09. The number of hydrogen-bond donors (Lipinski definition) is 1. The van der Waals surface area contributed by atoms with Gasteiger partial charge in [0.15, 0.2) is 0 Å². The molecule has 7 nitrogen and oxygen atoms in total. The predicted octanol–water partition coefficient (Wildman–Crippen LogP) is 2.01. The molecule has 0 unspecified atom stereocenters. The van der Waals surface area contributed by atoms with E-state index in [0.717, 1.165) is 6.07 Å². The Bertz CT molecular complexity index is 727. The van der Waals surface area contributed by atoms with Crippen molar-refractivity contribution in [3.05, 3.63) is 63.5 Å². The van der Waals surface area contributed by atoms with Gasteiger partial charge >= 0.3 is 5.97 Å². The monoisotopic (exact) mass is 271 g/mol. The van der Waals surface area contributed by atoms with E-state index in [1.165, 1.54) is 10.8 Å². The van der Waals surface area contributed by atoms with Crippen LogP contribution in [0.4, 0.5) is 5.69 Å². The number of benzene rings is 1. The maximum absolute atomic E-state index is 11.1. The van der Waals surface area contributed by atoms with Crippen molar-refractivity contribution < 1.29 is 14.8 Å². The number of rotatable bonds is 4. The third-order valence-electron chi connectivity index (χ3n) is 2.72. The highest BCUT2D eigenvalue weighted by atomic mass is 16.6. The molecule has 1 N–H and O–H groups in total. The van der Waals surface area contributed by atoms with Crippen LogP contribution >= 0.6 is 0 Å². The summed E-state index contributed by atoms with van der Waals surface area (Å²) in [6, 6.07) is 9.62. The lowest BCUT2D eigenvalue weighted by molar-refractivity contribution is -0.384. The van der Waals surface area contributed by atoms with Gasteiger partial charge in [-0.1, -0.05) is 12.1 Å². The molecule has 100 valence electrons. The summed E-state index contributed by atoms with van der Waals surface area (Å²) in [4.78, 5) is 21.1. The molecule has 0 atom stereocenters. The summed E-state index contributed by atoms with van der Waals surface area (Å²) in [6.45, 7) is 0.144. The van der Waals surface area contributed by atoms with Crippen molar-refractivity contribution in [3.63, 3.8) is 0 Å². The number of aromatic carboxylic acids is 1. The average Bonchev–Trinajstić information content (AvgIpc) is 2.83. The van der Waals surface area contributed by atoms with Crippen molar-refractivity contribution in [2.75, 3.05) is 0 Å². The molecular weight excluding hydrogens is 262 g/mol. The molecule has 0 aliphatic carbocycles. The Morgan fingerprint density at radius 3 is 2.80 bits per heavy atom. The SMILES string of the molecule is N#Cc1cccc(Cn2cc([N+](=O)[O-])cc2C(=O)O)c1. The Morgan fingerprint density at radius 1 is 1.45 bits per heavy atom. The lowest BCUT2D eigenvalue weighted by atomic mass is 10.1. The molecule has 0 radical (unpaired) electrons. The molecular formula is C13H9N3O4. The minimum Gasteiger partial charge on any atom is -0.477 e. The maximum Gasteiger partial charge on any atom is 0.352 e. The third-order valence-corrected chi connectivity index (χ3v) is 2.72. The molecule has 7 heteroatoms. The van der Waals surface area contributed by atoms with Gasteiger partial charge in [-0.25, -0.2) is 4.79 Å². The Balaban J connectivity index is 2.39. The van der Waals surface area contributed by atoms with Crippen molar-refractivity contribution in [1.29, 1.82) is 5.26 Å². The first kappa shape index (κ1) is 13.3. The number of carboxylic acids is 1. The molecule has 1 aromatic carbocycles. The van der Waals surface area contributed by atoms with Crippen molar-refractivity contribution in [1.82, 2.24) is 4.57 Å². The number of nitro groups is 1. The first-order chi connectivity index (χ1) is 9.51. The van der Waals surface area contributed by atoms with E-state index in [4.69, 9.17) is 10.4 Å². The summed E-state index contributed by atoms with van der Waals surface area (Å²) < 4.78 is 1.27. The zero-order valence-corrected chi connectivity index (χ0v) is 10.2. The average molecular weight is 271 g/mol. The summed E-state index contributed by atoms with van der Waals surface area (Å²) in [7, 11) is 0. The quantitative estimate of drug-likeness (QED) is 0.675. The van der Waals surface area contributed by atoms with Crippen LogP contribution in [0, 0.1) is 21.4 Å². The van der Waals surface area contributed by atoms with Gasteiger partial charge in [-0.05, 0) is 17.7 Å². The second-order valence-electron chi connectivity index (χ2n) is 4.09. The molecule has 0 bridgehead atoms. The lowest BCUT2D eigenvalue weighted by Gasteiger charge is -2.05. The minimum atomic E-state index is -1.24. The molecule has 2 aromatic rings. The second kappa shape index (κ2) is 5.24. The summed E-state index contributed by atoms with van der Waals surface area (Å²) in [5.74, 6) is -1.24. The fourth-order valence-corrected chi connectivity index (χ4v) is 1.84. The molecule has 1 aromatic heterocycles. The molecule has 1 heterocycles. The normalized spacial score (nSPS) is 9.95. The van der Waals surface area contributed by atoms with Gasteiger partial charge < -0.3 is 9.67 Å². The number of hydrogen-bond acceptors (Lipinski definition) is 4. The van der Waals surface area contributed by atoms with E-state index >= 15 is 0 Å². The smallest absolute Gasteiger partial charge is 0.352 e. The Morgan fingerprint density at radius 2 is 2.20 bits per heavy atom. The molecule has 0 saturated carbocycles. The molecule has 0 saturated heterocycles. The van der Waals surface area contributed by atoms with Crippen molar-refractivity contribution in [2.45, 2.75) is 6.54 Å². The number of carboxylic acid groups (broad SMARTS) is 1. The van der Waals surface area contributed by atoms with Gasteiger partial charge in [0.05, 0.1) is 22.8 Å². The van der Waals surface area contributed by atoms with Crippen molar-refractivity contribution >= 4 is 11.7 Å². The zero-order valence-electron chi connectivity index (χ0n) is 10.2. The summed E-state index contributed by atoms with van der Waals surface area (Å²) in [6.07, 6.45) is 1.17. The van der Waals surface area contributed by atoms with Crippen LogP contribution in [0.2, 0.25) is 0 Å². The van der Waals surface area contributed by atoms with Crippen LogP contribution in [0.15, 0.2) is 36.5 Å². The van der Waals surface area contributed by atoms with Gasteiger partial charge in [-0.2, -0.15) is 5.26 Å². The molecule has 0 aliphatic rings. The van der Waals surface area contributed by atoms with E-state index in [0.29, 0.717) is 11.1 Å². The highest BCUT2D eigenvalue weighted by molar-refractivity contribution is 5.87. The van der Waals surface area contributed by atoms with Crippen molar-refractivity contribution in [2.24, 2.45) is 0 Å². The van der Waals surface area contributed by atoms with Crippen LogP contribution in [-0.2, 0) is 6.54 Å². The first-order valence-electron chi connectivity index (χ1n) is 5.58. The van der Waals surface area contributed by atoms with E-state index in [1.54, 1.807) is 24.3 Å². The van der Waals surface area contributed by atoms with E-state index in [9.17, 15) is 14.9 Å². The number of nitriles is 1. The number of nitrogens with zero attached hydrogens (tertiary/aromatic N) is 3. The van der Waals surface area contributed by atoms with E-state index in [1.807, 2.05) is 6.07 Å². The van der Waals surface area contributed by atoms with Crippen LogP contribution in [0.25, 0.3) is 0 Å².